The SMILES string of the molecule is Nc1nc2[nH]cc(CCCC(=O)N(CC(=O)SC[C@H]3O[C@@H](n4cnc5c(N)ccnc54)[C@@H](O)C3O)CP(=O)(O)O)c2c(=O)[nH]1. The van der Waals surface area contributed by atoms with Crippen molar-refractivity contribution in [2.75, 3.05) is 30.1 Å². The van der Waals surface area contributed by atoms with Crippen molar-refractivity contribution in [3.05, 3.63) is 40.7 Å². The Morgan fingerprint density at radius 3 is 2.73 bits per heavy atom. The van der Waals surface area contributed by atoms with Gasteiger partial charge in [0.2, 0.25) is 17.0 Å². The van der Waals surface area contributed by atoms with E-state index in [0.29, 0.717) is 34.2 Å². The first-order valence-electron chi connectivity index (χ1n) is 13.2. The molecule has 10 N–H and O–H groups in total. The summed E-state index contributed by atoms with van der Waals surface area (Å²) in [6, 6.07) is 1.56. The molecule has 4 atom stereocenters. The number of imidazole rings is 1. The summed E-state index contributed by atoms with van der Waals surface area (Å²) in [5.74, 6) is -0.854. The highest BCUT2D eigenvalue weighted by molar-refractivity contribution is 8.13. The lowest BCUT2D eigenvalue weighted by atomic mass is 10.1. The molecule has 0 aromatic carbocycles. The quantitative estimate of drug-likeness (QED) is 0.0905. The van der Waals surface area contributed by atoms with Crippen molar-refractivity contribution in [3.8, 4) is 0 Å². The number of hydrogen-bond donors (Lipinski definition) is 8. The Labute approximate surface area is 252 Å². The minimum absolute atomic E-state index is 0.0542. The first kappa shape index (κ1) is 31.6. The van der Waals surface area contributed by atoms with E-state index in [0.717, 1.165) is 4.90 Å². The van der Waals surface area contributed by atoms with Crippen molar-refractivity contribution >= 4 is 64.2 Å². The van der Waals surface area contributed by atoms with E-state index in [-0.39, 0.29) is 42.0 Å². The van der Waals surface area contributed by atoms with Gasteiger partial charge in [-0.3, -0.25) is 28.5 Å². The second-order valence-corrected chi connectivity index (χ2v) is 12.9. The highest BCUT2D eigenvalue weighted by Crippen LogP contribution is 2.36. The van der Waals surface area contributed by atoms with E-state index < -0.39 is 61.5 Å². The third kappa shape index (κ3) is 6.78. The Balaban J connectivity index is 1.18. The van der Waals surface area contributed by atoms with Crippen LogP contribution in [-0.4, -0.2) is 102 Å². The van der Waals surface area contributed by atoms with E-state index in [1.54, 1.807) is 12.3 Å². The van der Waals surface area contributed by atoms with Crippen molar-refractivity contribution in [1.82, 2.24) is 34.4 Å². The molecule has 1 saturated heterocycles. The van der Waals surface area contributed by atoms with E-state index >= 15 is 0 Å². The summed E-state index contributed by atoms with van der Waals surface area (Å²) in [5.41, 5.74) is 13.0. The number of carbonyl (C=O) groups is 2. The molecule has 4 aromatic heterocycles. The Kier molecular flexibility index (Phi) is 9.07. The highest BCUT2D eigenvalue weighted by atomic mass is 32.2. The van der Waals surface area contributed by atoms with Crippen LogP contribution in [0.3, 0.4) is 0 Å². The molecule has 18 nitrogen and oxygen atoms in total. The molecule has 0 bridgehead atoms. The van der Waals surface area contributed by atoms with E-state index in [4.69, 9.17) is 16.2 Å². The van der Waals surface area contributed by atoms with Gasteiger partial charge in [-0.2, -0.15) is 4.98 Å². The van der Waals surface area contributed by atoms with Gasteiger partial charge in [0.25, 0.3) is 5.56 Å². The molecular weight excluding hydrogens is 621 g/mol. The molecule has 5 heterocycles. The molecule has 5 rings (SSSR count). The fourth-order valence-electron chi connectivity index (χ4n) is 4.96. The average Bonchev–Trinajstić information content (AvgIpc) is 3.63. The fourth-order valence-corrected chi connectivity index (χ4v) is 6.53. The number of aliphatic hydroxyl groups excluding tert-OH is 2. The number of nitrogens with one attached hydrogen (secondary N) is 2. The molecule has 0 radical (unpaired) electrons. The number of fused-ring (bicyclic) bond motifs is 2. The zero-order valence-electron chi connectivity index (χ0n) is 22.9. The summed E-state index contributed by atoms with van der Waals surface area (Å²) >= 11 is 0.681. The fraction of sp³-hybridized carbons (Fsp3) is 0.417. The highest BCUT2D eigenvalue weighted by Gasteiger charge is 2.44. The minimum Gasteiger partial charge on any atom is -0.397 e. The molecule has 1 amide bonds. The molecule has 1 aliphatic heterocycles. The van der Waals surface area contributed by atoms with Crippen molar-refractivity contribution in [2.45, 2.75) is 43.8 Å². The number of aliphatic hydroxyl groups is 2. The third-order valence-corrected chi connectivity index (χ3v) is 8.67. The van der Waals surface area contributed by atoms with Gasteiger partial charge in [-0.25, -0.2) is 9.97 Å². The van der Waals surface area contributed by atoms with Crippen LogP contribution >= 0.6 is 19.4 Å². The largest absolute Gasteiger partial charge is 0.397 e. The Morgan fingerprint density at radius 1 is 1.20 bits per heavy atom. The third-order valence-electron chi connectivity index (χ3n) is 7.02. The maximum Gasteiger partial charge on any atom is 0.344 e. The van der Waals surface area contributed by atoms with Crippen LogP contribution in [0.15, 0.2) is 29.6 Å². The molecule has 1 unspecified atom stereocenters. The van der Waals surface area contributed by atoms with Gasteiger partial charge in [-0.15, -0.1) is 0 Å². The Bertz CT molecular complexity index is 1800. The molecule has 0 spiro atoms. The molecule has 236 valence electrons. The van der Waals surface area contributed by atoms with E-state index in [9.17, 15) is 38.9 Å². The lowest BCUT2D eigenvalue weighted by Crippen LogP contribution is -2.36. The predicted molar refractivity (Wildman–Crippen MR) is 158 cm³/mol. The Morgan fingerprint density at radius 2 is 1.98 bits per heavy atom. The number of aryl methyl sites for hydroxylation is 1. The number of amides is 1. The number of carbonyl (C=O) groups excluding carboxylic acids is 2. The summed E-state index contributed by atoms with van der Waals surface area (Å²) in [5, 5.41) is 20.9. The number of nitrogens with zero attached hydrogens (tertiary/aromatic N) is 5. The lowest BCUT2D eigenvalue weighted by molar-refractivity contribution is -0.133. The lowest BCUT2D eigenvalue weighted by Gasteiger charge is -2.22. The van der Waals surface area contributed by atoms with Gasteiger partial charge in [0, 0.05) is 24.6 Å². The van der Waals surface area contributed by atoms with Crippen LogP contribution in [0.4, 0.5) is 11.6 Å². The zero-order chi connectivity index (χ0) is 31.8. The number of rotatable bonds is 11. The van der Waals surface area contributed by atoms with Gasteiger partial charge in [-0.1, -0.05) is 11.8 Å². The molecular formula is C24H30N9O9PS. The van der Waals surface area contributed by atoms with Crippen LogP contribution in [0.25, 0.3) is 22.2 Å². The van der Waals surface area contributed by atoms with Crippen molar-refractivity contribution < 1.29 is 38.9 Å². The average molecular weight is 652 g/mol. The van der Waals surface area contributed by atoms with E-state index in [1.165, 1.54) is 17.1 Å². The molecule has 20 heteroatoms. The summed E-state index contributed by atoms with van der Waals surface area (Å²) in [6.45, 7) is -0.616. The monoisotopic (exact) mass is 651 g/mol. The van der Waals surface area contributed by atoms with Crippen molar-refractivity contribution in [3.63, 3.8) is 0 Å². The topological polar surface area (TPSA) is 289 Å². The number of ether oxygens (including phenoxy) is 1. The van der Waals surface area contributed by atoms with Crippen molar-refractivity contribution in [2.24, 2.45) is 0 Å². The first-order chi connectivity index (χ1) is 20.8. The number of hydrogen-bond acceptors (Lipinski definition) is 13. The number of nitrogen functional groups attached to an aromatic ring is 2. The van der Waals surface area contributed by atoms with E-state index in [2.05, 4.69) is 24.9 Å². The summed E-state index contributed by atoms with van der Waals surface area (Å²) in [4.78, 5) is 75.4. The molecule has 0 aliphatic carbocycles. The summed E-state index contributed by atoms with van der Waals surface area (Å²) < 4.78 is 19.0. The maximum atomic E-state index is 12.9. The predicted octanol–water partition coefficient (Wildman–Crippen LogP) is -0.974. The van der Waals surface area contributed by atoms with Crippen LogP contribution in [0.5, 0.6) is 0 Å². The molecule has 4 aromatic rings. The maximum absolute atomic E-state index is 12.9. The van der Waals surface area contributed by atoms with Gasteiger partial charge in [-0.05, 0) is 24.5 Å². The number of anilines is 2. The summed E-state index contributed by atoms with van der Waals surface area (Å²) in [7, 11) is -4.72. The second kappa shape index (κ2) is 12.6. The minimum atomic E-state index is -4.72. The van der Waals surface area contributed by atoms with Gasteiger partial charge in [0.1, 0.15) is 29.7 Å². The summed E-state index contributed by atoms with van der Waals surface area (Å²) in [6.07, 6.45) is -1.11. The molecule has 1 aliphatic rings. The van der Waals surface area contributed by atoms with Crippen LogP contribution in [-0.2, 0) is 25.3 Å². The van der Waals surface area contributed by atoms with Gasteiger partial charge in [0.15, 0.2) is 11.9 Å². The first-order valence-corrected chi connectivity index (χ1v) is 16.0. The standard InChI is InChI=1S/C24H30N9O9PS/c25-12-4-5-27-21-17(12)29-9-33(21)23-19(37)18(36)13(42-23)8-44-15(35)7-32(10-43(39,40)41)14(34)3-1-2-11-6-28-20-16(11)22(38)31-24(26)30-20/h4-6,9,13,18-19,23,36-37H,1-3,7-8,10H2,(H2,25,27)(H2,39,40,41)(H4,26,28,30,31,38)/t13-,18?,19+,23-/m1/s1. The smallest absolute Gasteiger partial charge is 0.344 e. The number of aromatic nitrogens is 6. The van der Waals surface area contributed by atoms with Crippen LogP contribution in [0, 0.1) is 0 Å². The van der Waals surface area contributed by atoms with Gasteiger partial charge >= 0.3 is 7.60 Å². The number of pyridine rings is 1. The van der Waals surface area contributed by atoms with E-state index in [1.807, 2.05) is 0 Å². The van der Waals surface area contributed by atoms with Gasteiger partial charge in [0.05, 0.1) is 30.0 Å². The number of nitrogens with two attached hydrogens (primary N) is 2. The number of aromatic amines is 2. The second-order valence-electron chi connectivity index (χ2n) is 10.2. The zero-order valence-corrected chi connectivity index (χ0v) is 24.6. The van der Waals surface area contributed by atoms with Crippen LogP contribution in [0.1, 0.15) is 24.6 Å². The van der Waals surface area contributed by atoms with Gasteiger partial charge < -0.3 is 46.1 Å². The van der Waals surface area contributed by atoms with Crippen LogP contribution in [0.2, 0.25) is 0 Å². The molecule has 44 heavy (non-hydrogen) atoms. The molecule has 0 saturated carbocycles. The van der Waals surface area contributed by atoms with Crippen molar-refractivity contribution in [1.29, 1.82) is 0 Å². The molecule has 1 fully saturated rings. The number of H-pyrrole nitrogens is 2. The van der Waals surface area contributed by atoms with Crippen LogP contribution < -0.4 is 17.0 Å². The number of thioether (sulfide) groups is 1. The normalized spacial score (nSPS) is 20.5. The Hall–Kier alpha value is -3.84.